The van der Waals surface area contributed by atoms with E-state index in [-0.39, 0.29) is 18.1 Å². The number of aromatic nitrogens is 3. The molecule has 40 heavy (non-hydrogen) atoms. The Labute approximate surface area is 230 Å². The predicted molar refractivity (Wildman–Crippen MR) is 137 cm³/mol. The summed E-state index contributed by atoms with van der Waals surface area (Å²) < 4.78 is 27.6. The molecule has 1 saturated heterocycles. The fourth-order valence-corrected chi connectivity index (χ4v) is 3.99. The van der Waals surface area contributed by atoms with Crippen molar-refractivity contribution < 1.29 is 48.0 Å². The first-order valence-electron chi connectivity index (χ1n) is 12.6. The number of carbonyl (C=O) groups is 4. The van der Waals surface area contributed by atoms with Crippen LogP contribution in [0, 0.1) is 5.41 Å². The van der Waals surface area contributed by atoms with E-state index in [1.165, 1.54) is 17.8 Å². The van der Waals surface area contributed by atoms with E-state index in [1.54, 1.807) is 39.8 Å². The van der Waals surface area contributed by atoms with Crippen LogP contribution in [-0.4, -0.2) is 81.5 Å². The summed E-state index contributed by atoms with van der Waals surface area (Å²) in [6, 6.07) is 2.27. The fraction of sp³-hybridized carbons (Fsp3) is 0.600. The number of nitrogens with one attached hydrogen (secondary N) is 1. The molecule has 2 aromatic heterocycles. The van der Waals surface area contributed by atoms with E-state index in [2.05, 4.69) is 20.1 Å². The van der Waals surface area contributed by atoms with Gasteiger partial charge in [-0.05, 0) is 24.5 Å². The van der Waals surface area contributed by atoms with Gasteiger partial charge in [0, 0.05) is 13.3 Å². The molecule has 4 N–H and O–H groups in total. The van der Waals surface area contributed by atoms with Gasteiger partial charge < -0.3 is 39.8 Å². The lowest BCUT2D eigenvalue weighted by Gasteiger charge is -2.27. The molecule has 0 radical (unpaired) electrons. The average Bonchev–Trinajstić information content (AvgIpc) is 3.42. The number of amides is 1. The maximum Gasteiger partial charge on any atom is 0.511 e. The van der Waals surface area contributed by atoms with Crippen molar-refractivity contribution in [1.29, 1.82) is 0 Å². The van der Waals surface area contributed by atoms with Gasteiger partial charge in [-0.1, -0.05) is 27.7 Å². The van der Waals surface area contributed by atoms with Crippen LogP contribution in [0.4, 0.5) is 10.6 Å². The molecule has 5 atom stereocenters. The van der Waals surface area contributed by atoms with E-state index in [4.69, 9.17) is 24.7 Å². The van der Waals surface area contributed by atoms with E-state index < -0.39 is 66.9 Å². The summed E-state index contributed by atoms with van der Waals surface area (Å²) in [5.74, 6) is -1.41. The number of carbonyl (C=O) groups excluding carboxylic acids is 4. The van der Waals surface area contributed by atoms with Gasteiger partial charge in [0.1, 0.15) is 42.3 Å². The Morgan fingerprint density at radius 2 is 1.93 bits per heavy atom. The highest BCUT2D eigenvalue weighted by molar-refractivity contribution is 5.93. The molecule has 3 heterocycles. The van der Waals surface area contributed by atoms with Gasteiger partial charge in [-0.2, -0.15) is 5.10 Å². The number of hydrogen-bond acceptors (Lipinski definition) is 13. The highest BCUT2D eigenvalue weighted by Gasteiger charge is 2.56. The van der Waals surface area contributed by atoms with Crippen molar-refractivity contribution in [3.63, 3.8) is 0 Å². The monoisotopic (exact) mass is 565 g/mol. The molecule has 0 aromatic carbocycles. The largest absolute Gasteiger partial charge is 0.511 e. The van der Waals surface area contributed by atoms with Crippen LogP contribution in [0.25, 0.3) is 5.52 Å². The Balaban J connectivity index is 1.90. The Hall–Kier alpha value is -3.82. The first-order chi connectivity index (χ1) is 18.7. The first-order valence-corrected chi connectivity index (χ1v) is 12.6. The molecule has 15 heteroatoms. The minimum atomic E-state index is -1.56. The highest BCUT2D eigenvalue weighted by atomic mass is 16.8. The van der Waals surface area contributed by atoms with Crippen LogP contribution in [0.3, 0.4) is 0 Å². The molecule has 0 saturated carbocycles. The highest BCUT2D eigenvalue weighted by Crippen LogP contribution is 2.42. The number of ether oxygens (including phenoxy) is 5. The number of hydrogen-bond donors (Lipinski definition) is 3. The lowest BCUT2D eigenvalue weighted by atomic mass is 9.87. The zero-order valence-corrected chi connectivity index (χ0v) is 23.2. The van der Waals surface area contributed by atoms with Gasteiger partial charge in [-0.15, -0.1) is 0 Å². The van der Waals surface area contributed by atoms with Gasteiger partial charge in [-0.3, -0.25) is 14.4 Å². The second-order valence-corrected chi connectivity index (χ2v) is 10.4. The number of nitrogens with two attached hydrogens (primary N) is 1. The molecule has 220 valence electrons. The van der Waals surface area contributed by atoms with E-state index in [1.807, 2.05) is 0 Å². The molecule has 0 aliphatic carbocycles. The minimum Gasteiger partial charge on any atom is -0.462 e. The van der Waals surface area contributed by atoms with Crippen molar-refractivity contribution in [3.05, 3.63) is 24.2 Å². The molecule has 0 spiro atoms. The molecule has 0 bridgehead atoms. The Morgan fingerprint density at radius 1 is 1.23 bits per heavy atom. The molecular weight excluding hydrogens is 530 g/mol. The smallest absolute Gasteiger partial charge is 0.462 e. The summed E-state index contributed by atoms with van der Waals surface area (Å²) in [7, 11) is 0. The van der Waals surface area contributed by atoms with Crippen molar-refractivity contribution in [2.24, 2.45) is 11.1 Å². The van der Waals surface area contributed by atoms with Gasteiger partial charge in [0.25, 0.3) is 0 Å². The van der Waals surface area contributed by atoms with Gasteiger partial charge in [-0.25, -0.2) is 14.3 Å². The fourth-order valence-electron chi connectivity index (χ4n) is 3.99. The average molecular weight is 566 g/mol. The number of esters is 2. The summed E-state index contributed by atoms with van der Waals surface area (Å²) in [5, 5.41) is 18.3. The molecule has 1 fully saturated rings. The molecule has 1 aliphatic rings. The molecular formula is C25H35N5O10. The third-order valence-corrected chi connectivity index (χ3v) is 6.43. The maximum atomic E-state index is 12.6. The summed E-state index contributed by atoms with van der Waals surface area (Å²) in [4.78, 5) is 51.9. The van der Waals surface area contributed by atoms with Crippen molar-refractivity contribution in [2.45, 2.75) is 77.9 Å². The van der Waals surface area contributed by atoms with Gasteiger partial charge in [0.05, 0.1) is 5.69 Å². The summed E-state index contributed by atoms with van der Waals surface area (Å²) in [6.45, 7) is 8.55. The van der Waals surface area contributed by atoms with Crippen LogP contribution in [0.15, 0.2) is 18.5 Å². The van der Waals surface area contributed by atoms with Gasteiger partial charge >= 0.3 is 18.1 Å². The van der Waals surface area contributed by atoms with Crippen molar-refractivity contribution in [1.82, 2.24) is 14.6 Å². The van der Waals surface area contributed by atoms with E-state index >= 15 is 0 Å². The van der Waals surface area contributed by atoms with Crippen molar-refractivity contribution in [2.75, 3.05) is 18.7 Å². The third-order valence-electron chi connectivity index (χ3n) is 6.43. The molecule has 3 rings (SSSR count). The zero-order valence-electron chi connectivity index (χ0n) is 23.2. The number of anilines is 1. The zero-order chi connectivity index (χ0) is 29.8. The topological polar surface area (TPSA) is 203 Å². The standard InChI is InChI=1S/C25H35N5O10/c1-7-17(32)29-21-14-8-9-16(30(14)28-11-27-21)25(6)20(33)18(39-23(35)38-12-37-13(2)31)15(40-25)10-36-22(34)19(26)24(3,4)5/h8-9,11,15,18-20,33H,7,10,12,26H2,1-6H3,(H,27,28,29,32)/t15-,18-,19-,20-,25+/m1/s1. The van der Waals surface area contributed by atoms with Gasteiger partial charge in [0.15, 0.2) is 11.9 Å². The Kier molecular flexibility index (Phi) is 9.32. The first kappa shape index (κ1) is 30.7. The van der Waals surface area contributed by atoms with Gasteiger partial charge in [0.2, 0.25) is 12.7 Å². The second-order valence-electron chi connectivity index (χ2n) is 10.4. The Bertz CT molecular complexity index is 1260. The van der Waals surface area contributed by atoms with Crippen LogP contribution in [-0.2, 0) is 43.7 Å². The lowest BCUT2D eigenvalue weighted by molar-refractivity contribution is -0.156. The van der Waals surface area contributed by atoms with E-state index in [9.17, 15) is 24.3 Å². The van der Waals surface area contributed by atoms with Crippen LogP contribution in [0.2, 0.25) is 0 Å². The number of aliphatic hydroxyl groups is 1. The van der Waals surface area contributed by atoms with E-state index in [0.717, 1.165) is 6.92 Å². The quantitative estimate of drug-likeness (QED) is 0.221. The molecule has 15 nitrogen and oxygen atoms in total. The summed E-state index contributed by atoms with van der Waals surface area (Å²) >= 11 is 0. The van der Waals surface area contributed by atoms with Crippen LogP contribution < -0.4 is 11.1 Å². The number of rotatable bonds is 9. The van der Waals surface area contributed by atoms with E-state index in [0.29, 0.717) is 11.2 Å². The minimum absolute atomic E-state index is 0.231. The lowest BCUT2D eigenvalue weighted by Crippen LogP contribution is -2.45. The molecule has 1 aliphatic heterocycles. The number of nitrogens with zero attached hydrogens (tertiary/aromatic N) is 3. The third kappa shape index (κ3) is 6.66. The van der Waals surface area contributed by atoms with Crippen LogP contribution in [0.1, 0.15) is 53.7 Å². The SMILES string of the molecule is CCC(=O)Nc1ncnn2c([C@]3(C)O[C@H](COC(=O)[C@@H](N)C(C)(C)C)[C@@H](OC(=O)OCOC(C)=O)[C@H]3O)ccc12. The summed E-state index contributed by atoms with van der Waals surface area (Å²) in [5.41, 5.74) is 4.59. The van der Waals surface area contributed by atoms with Crippen LogP contribution in [0.5, 0.6) is 0 Å². The second kappa shape index (κ2) is 12.1. The molecule has 1 amide bonds. The number of aliphatic hydroxyl groups excluding tert-OH is 1. The van der Waals surface area contributed by atoms with Crippen molar-refractivity contribution >= 4 is 35.3 Å². The van der Waals surface area contributed by atoms with Crippen molar-refractivity contribution in [3.8, 4) is 0 Å². The van der Waals surface area contributed by atoms with Crippen LogP contribution >= 0.6 is 0 Å². The Morgan fingerprint density at radius 3 is 2.55 bits per heavy atom. The summed E-state index contributed by atoms with van der Waals surface area (Å²) in [6.07, 6.45) is -3.87. The normalized spacial score (nSPS) is 23.4. The molecule has 2 aromatic rings. The number of fused-ring (bicyclic) bond motifs is 1. The molecule has 0 unspecified atom stereocenters. The predicted octanol–water partition coefficient (Wildman–Crippen LogP) is 1.01. The maximum absolute atomic E-state index is 12.6.